The number of halogens is 2. The average Bonchev–Trinajstić information content (AvgIpc) is 3.11. The SMILES string of the molecule is Cl.Cl.NC(Cc1ccccc1)C(=O)NC1CCN(C2CCCC2)CC1. The topological polar surface area (TPSA) is 58.4 Å². The van der Waals surface area contributed by atoms with Crippen molar-refractivity contribution in [3.63, 3.8) is 0 Å². The number of nitrogens with one attached hydrogen (secondary N) is 1. The molecule has 2 fully saturated rings. The quantitative estimate of drug-likeness (QED) is 0.816. The monoisotopic (exact) mass is 387 g/mol. The van der Waals surface area contributed by atoms with Gasteiger partial charge in [0.25, 0.3) is 0 Å². The van der Waals surface area contributed by atoms with Gasteiger partial charge in [-0.3, -0.25) is 4.79 Å². The lowest BCUT2D eigenvalue weighted by Gasteiger charge is -2.36. The van der Waals surface area contributed by atoms with Crippen molar-refractivity contribution in [3.8, 4) is 0 Å². The summed E-state index contributed by atoms with van der Waals surface area (Å²) in [5.41, 5.74) is 7.19. The fraction of sp³-hybridized carbons (Fsp3) is 0.632. The van der Waals surface area contributed by atoms with Gasteiger partial charge >= 0.3 is 0 Å². The largest absolute Gasteiger partial charge is 0.352 e. The van der Waals surface area contributed by atoms with Crippen molar-refractivity contribution in [2.45, 2.75) is 63.1 Å². The molecule has 1 saturated heterocycles. The molecule has 1 aliphatic carbocycles. The Morgan fingerprint density at radius 1 is 1.08 bits per heavy atom. The van der Waals surface area contributed by atoms with Gasteiger partial charge in [0, 0.05) is 25.2 Å². The number of benzene rings is 1. The molecule has 1 amide bonds. The van der Waals surface area contributed by atoms with Gasteiger partial charge < -0.3 is 16.0 Å². The minimum absolute atomic E-state index is 0. The van der Waals surface area contributed by atoms with Gasteiger partial charge in [0.15, 0.2) is 0 Å². The minimum Gasteiger partial charge on any atom is -0.352 e. The van der Waals surface area contributed by atoms with Gasteiger partial charge in [-0.15, -0.1) is 24.8 Å². The summed E-state index contributed by atoms with van der Waals surface area (Å²) in [5, 5.41) is 3.16. The Morgan fingerprint density at radius 2 is 1.68 bits per heavy atom. The summed E-state index contributed by atoms with van der Waals surface area (Å²) in [7, 11) is 0. The van der Waals surface area contributed by atoms with Gasteiger partial charge in [-0.05, 0) is 37.7 Å². The van der Waals surface area contributed by atoms with Crippen LogP contribution in [0.2, 0.25) is 0 Å². The van der Waals surface area contributed by atoms with Crippen LogP contribution in [-0.4, -0.2) is 42.0 Å². The van der Waals surface area contributed by atoms with Crippen molar-refractivity contribution in [1.29, 1.82) is 0 Å². The van der Waals surface area contributed by atoms with Crippen LogP contribution in [0.1, 0.15) is 44.1 Å². The van der Waals surface area contributed by atoms with Gasteiger partial charge in [0.1, 0.15) is 0 Å². The molecule has 1 unspecified atom stereocenters. The van der Waals surface area contributed by atoms with Crippen molar-refractivity contribution < 1.29 is 4.79 Å². The van der Waals surface area contributed by atoms with E-state index < -0.39 is 6.04 Å². The summed E-state index contributed by atoms with van der Waals surface area (Å²) in [4.78, 5) is 14.9. The molecular formula is C19H31Cl2N3O. The van der Waals surface area contributed by atoms with Crippen molar-refractivity contribution in [3.05, 3.63) is 35.9 Å². The van der Waals surface area contributed by atoms with Gasteiger partial charge in [0.2, 0.25) is 5.91 Å². The normalized spacial score (nSPS) is 20.4. The van der Waals surface area contributed by atoms with Crippen LogP contribution in [0, 0.1) is 0 Å². The van der Waals surface area contributed by atoms with Crippen LogP contribution in [0.15, 0.2) is 30.3 Å². The van der Waals surface area contributed by atoms with Crippen LogP contribution in [0.25, 0.3) is 0 Å². The van der Waals surface area contributed by atoms with Gasteiger partial charge in [-0.25, -0.2) is 0 Å². The summed E-state index contributed by atoms with van der Waals surface area (Å²) in [5.74, 6) is -0.00632. The molecule has 1 atom stereocenters. The Labute approximate surface area is 163 Å². The molecule has 2 aliphatic rings. The van der Waals surface area contributed by atoms with Crippen LogP contribution < -0.4 is 11.1 Å². The van der Waals surface area contributed by atoms with Gasteiger partial charge in [-0.2, -0.15) is 0 Å². The lowest BCUT2D eigenvalue weighted by atomic mass is 10.0. The van der Waals surface area contributed by atoms with Crippen LogP contribution >= 0.6 is 24.8 Å². The van der Waals surface area contributed by atoms with E-state index in [1.54, 1.807) is 0 Å². The molecule has 6 heteroatoms. The molecule has 1 aliphatic heterocycles. The summed E-state index contributed by atoms with van der Waals surface area (Å²) in [6.07, 6.45) is 8.21. The summed E-state index contributed by atoms with van der Waals surface area (Å²) < 4.78 is 0. The first-order chi connectivity index (χ1) is 11.2. The number of nitrogens with zero attached hydrogens (tertiary/aromatic N) is 1. The number of rotatable bonds is 5. The van der Waals surface area contributed by atoms with E-state index >= 15 is 0 Å². The highest BCUT2D eigenvalue weighted by Gasteiger charge is 2.28. The van der Waals surface area contributed by atoms with Crippen LogP contribution in [0.4, 0.5) is 0 Å². The first kappa shape index (κ1) is 22.2. The van der Waals surface area contributed by atoms with Crippen molar-refractivity contribution in [2.75, 3.05) is 13.1 Å². The molecule has 1 heterocycles. The first-order valence-corrected chi connectivity index (χ1v) is 9.06. The molecule has 0 aromatic heterocycles. The third kappa shape index (κ3) is 6.45. The van der Waals surface area contributed by atoms with E-state index in [0.717, 1.165) is 37.5 Å². The van der Waals surface area contributed by atoms with Gasteiger partial charge in [-0.1, -0.05) is 43.2 Å². The molecule has 0 spiro atoms. The van der Waals surface area contributed by atoms with Gasteiger partial charge in [0.05, 0.1) is 6.04 Å². The molecule has 0 radical (unpaired) electrons. The Hall–Kier alpha value is -0.810. The highest BCUT2D eigenvalue weighted by molar-refractivity contribution is 5.85. The molecule has 25 heavy (non-hydrogen) atoms. The Kier molecular flexibility index (Phi) is 9.80. The maximum atomic E-state index is 12.3. The second kappa shape index (κ2) is 11.0. The van der Waals surface area contributed by atoms with E-state index in [0.29, 0.717) is 12.5 Å². The third-order valence-electron chi connectivity index (χ3n) is 5.35. The maximum absolute atomic E-state index is 12.3. The fourth-order valence-corrected chi connectivity index (χ4v) is 3.95. The maximum Gasteiger partial charge on any atom is 0.237 e. The highest BCUT2D eigenvalue weighted by atomic mass is 35.5. The van der Waals surface area contributed by atoms with E-state index in [1.807, 2.05) is 30.3 Å². The van der Waals surface area contributed by atoms with E-state index in [-0.39, 0.29) is 30.7 Å². The molecule has 142 valence electrons. The average molecular weight is 388 g/mol. The third-order valence-corrected chi connectivity index (χ3v) is 5.35. The standard InChI is InChI=1S/C19H29N3O.2ClH/c20-18(14-15-6-2-1-3-7-15)19(23)21-16-10-12-22(13-11-16)17-8-4-5-9-17;;/h1-3,6-7,16-18H,4-5,8-14,20H2,(H,21,23);2*1H. The van der Waals surface area contributed by atoms with Crippen molar-refractivity contribution in [1.82, 2.24) is 10.2 Å². The zero-order chi connectivity index (χ0) is 16.1. The molecule has 4 nitrogen and oxygen atoms in total. The second-order valence-electron chi connectivity index (χ2n) is 7.05. The smallest absolute Gasteiger partial charge is 0.237 e. The number of likely N-dealkylation sites (tertiary alicyclic amines) is 1. The molecule has 0 bridgehead atoms. The van der Waals surface area contributed by atoms with E-state index in [1.165, 1.54) is 25.7 Å². The van der Waals surface area contributed by atoms with E-state index in [2.05, 4.69) is 10.2 Å². The number of hydrogen-bond donors (Lipinski definition) is 2. The minimum atomic E-state index is -0.453. The molecule has 3 rings (SSSR count). The van der Waals surface area contributed by atoms with Crippen LogP contribution in [-0.2, 0) is 11.2 Å². The van der Waals surface area contributed by atoms with Crippen molar-refractivity contribution >= 4 is 30.7 Å². The predicted octanol–water partition coefficient (Wildman–Crippen LogP) is 2.92. The molecular weight excluding hydrogens is 357 g/mol. The van der Waals surface area contributed by atoms with Crippen LogP contribution in [0.3, 0.4) is 0 Å². The molecule has 1 saturated carbocycles. The van der Waals surface area contributed by atoms with Crippen LogP contribution in [0.5, 0.6) is 0 Å². The highest BCUT2D eigenvalue weighted by Crippen LogP contribution is 2.26. The Morgan fingerprint density at radius 3 is 2.28 bits per heavy atom. The van der Waals surface area contributed by atoms with E-state index in [4.69, 9.17) is 5.73 Å². The summed E-state index contributed by atoms with van der Waals surface area (Å²) >= 11 is 0. The zero-order valence-corrected chi connectivity index (χ0v) is 16.4. The lowest BCUT2D eigenvalue weighted by Crippen LogP contribution is -2.51. The second-order valence-corrected chi connectivity index (χ2v) is 7.05. The fourth-order valence-electron chi connectivity index (χ4n) is 3.95. The molecule has 3 N–H and O–H groups in total. The zero-order valence-electron chi connectivity index (χ0n) is 14.7. The van der Waals surface area contributed by atoms with E-state index in [9.17, 15) is 4.79 Å². The Bertz CT molecular complexity index is 501. The number of hydrogen-bond acceptors (Lipinski definition) is 3. The summed E-state index contributed by atoms with van der Waals surface area (Å²) in [6, 6.07) is 10.6. The number of amides is 1. The molecule has 1 aromatic rings. The molecule has 1 aromatic carbocycles. The van der Waals surface area contributed by atoms with Crippen molar-refractivity contribution in [2.24, 2.45) is 5.73 Å². The predicted molar refractivity (Wildman–Crippen MR) is 108 cm³/mol. The number of nitrogens with two attached hydrogens (primary N) is 1. The lowest BCUT2D eigenvalue weighted by molar-refractivity contribution is -0.123. The number of carbonyl (C=O) groups is 1. The number of piperidine rings is 1. The number of carbonyl (C=O) groups excluding carboxylic acids is 1. The summed E-state index contributed by atoms with van der Waals surface area (Å²) in [6.45, 7) is 2.23. The Balaban J connectivity index is 0.00000156. The first-order valence-electron chi connectivity index (χ1n) is 9.06.